The second-order valence-electron chi connectivity index (χ2n) is 7.41. The second kappa shape index (κ2) is 10.4. The van der Waals surface area contributed by atoms with Gasteiger partial charge >= 0.3 is 0 Å². The van der Waals surface area contributed by atoms with Crippen molar-refractivity contribution >= 4 is 17.9 Å². The minimum Gasteiger partial charge on any atom is -0.296 e. The quantitative estimate of drug-likeness (QED) is 0.332. The van der Waals surface area contributed by atoms with Crippen molar-refractivity contribution in [3.63, 3.8) is 0 Å². The summed E-state index contributed by atoms with van der Waals surface area (Å²) < 4.78 is 14.5. The summed E-state index contributed by atoms with van der Waals surface area (Å²) in [6.45, 7) is 4.38. The molecule has 29 heavy (non-hydrogen) atoms. The van der Waals surface area contributed by atoms with E-state index in [9.17, 15) is 4.57 Å². The van der Waals surface area contributed by atoms with E-state index >= 15 is 0 Å². The van der Waals surface area contributed by atoms with Crippen LogP contribution < -0.4 is 15.7 Å². The van der Waals surface area contributed by atoms with E-state index in [0.717, 1.165) is 22.6 Å². The highest BCUT2D eigenvalue weighted by Gasteiger charge is 2.30. The molecule has 3 rings (SSSR count). The summed E-state index contributed by atoms with van der Waals surface area (Å²) in [7, 11) is -3.02. The number of allylic oxidation sites excluding steroid dienone is 1. The lowest BCUT2D eigenvalue weighted by atomic mass is 10.0. The lowest BCUT2D eigenvalue weighted by Gasteiger charge is -2.26. The summed E-state index contributed by atoms with van der Waals surface area (Å²) >= 11 is 0. The van der Waals surface area contributed by atoms with Gasteiger partial charge in [0.25, 0.3) is 0 Å². The Morgan fingerprint density at radius 3 is 1.83 bits per heavy atom. The summed E-state index contributed by atoms with van der Waals surface area (Å²) in [4.78, 5) is 0. The van der Waals surface area contributed by atoms with E-state index in [0.29, 0.717) is 0 Å². The summed E-state index contributed by atoms with van der Waals surface area (Å²) in [5.74, 6) is 0. The van der Waals surface area contributed by atoms with Gasteiger partial charge in [0.1, 0.15) is 0 Å². The van der Waals surface area contributed by atoms with Crippen LogP contribution in [0.5, 0.6) is 0 Å². The standard InChI is InChI=1S/C26H30NOP/c1-3-4-14-22(2)21-26(23-15-8-5-9-16-23)27-29(28,24-17-10-6-11-18-24)25-19-12-7-13-20-25/h5-13,15-21,26H,3-4,14H2,1-2H3,(H,27,28). The van der Waals surface area contributed by atoms with Gasteiger partial charge in [-0.1, -0.05) is 91.7 Å². The Kier molecular flexibility index (Phi) is 7.63. The molecule has 3 heteroatoms. The molecule has 0 amide bonds. The predicted molar refractivity (Wildman–Crippen MR) is 125 cm³/mol. The van der Waals surface area contributed by atoms with Gasteiger partial charge < -0.3 is 0 Å². The van der Waals surface area contributed by atoms with Crippen LogP contribution >= 0.6 is 7.29 Å². The number of hydrogen-bond acceptors (Lipinski definition) is 1. The Labute approximate surface area is 175 Å². The summed E-state index contributed by atoms with van der Waals surface area (Å²) in [5.41, 5.74) is 2.44. The Morgan fingerprint density at radius 2 is 1.34 bits per heavy atom. The molecule has 0 aromatic heterocycles. The van der Waals surface area contributed by atoms with E-state index in [-0.39, 0.29) is 6.04 Å². The monoisotopic (exact) mass is 403 g/mol. The van der Waals surface area contributed by atoms with Gasteiger partial charge in [0.15, 0.2) is 0 Å². The molecule has 0 saturated heterocycles. The van der Waals surface area contributed by atoms with Crippen LogP contribution in [-0.2, 0) is 4.57 Å². The normalized spacial score (nSPS) is 13.2. The molecular weight excluding hydrogens is 373 g/mol. The van der Waals surface area contributed by atoms with Crippen molar-refractivity contribution in [2.45, 2.75) is 39.2 Å². The molecule has 2 nitrogen and oxygen atoms in total. The Hall–Kier alpha value is -2.41. The van der Waals surface area contributed by atoms with E-state index in [2.05, 4.69) is 37.1 Å². The molecule has 0 spiro atoms. The van der Waals surface area contributed by atoms with Crippen LogP contribution in [-0.4, -0.2) is 0 Å². The maximum atomic E-state index is 14.5. The molecule has 0 aliphatic heterocycles. The first-order valence-electron chi connectivity index (χ1n) is 10.3. The highest BCUT2D eigenvalue weighted by atomic mass is 31.2. The zero-order valence-electron chi connectivity index (χ0n) is 17.3. The molecule has 0 aliphatic carbocycles. The summed E-state index contributed by atoms with van der Waals surface area (Å²) in [5, 5.41) is 5.22. The van der Waals surface area contributed by atoms with E-state index in [4.69, 9.17) is 0 Å². The van der Waals surface area contributed by atoms with E-state index in [1.54, 1.807) is 0 Å². The molecule has 3 aromatic carbocycles. The molecule has 0 heterocycles. The fourth-order valence-electron chi connectivity index (χ4n) is 3.46. The van der Waals surface area contributed by atoms with Crippen LogP contribution in [0.1, 0.15) is 44.7 Å². The van der Waals surface area contributed by atoms with Crippen molar-refractivity contribution in [3.8, 4) is 0 Å². The average molecular weight is 404 g/mol. The minimum absolute atomic E-state index is 0.126. The van der Waals surface area contributed by atoms with Crippen molar-refractivity contribution in [1.82, 2.24) is 5.09 Å². The Morgan fingerprint density at radius 1 is 0.862 bits per heavy atom. The molecular formula is C26H30NOP. The predicted octanol–water partition coefficient (Wildman–Crippen LogP) is 6.38. The molecule has 3 aromatic rings. The topological polar surface area (TPSA) is 29.1 Å². The first kappa shape index (κ1) is 21.3. The molecule has 0 radical (unpaired) electrons. The molecule has 0 bridgehead atoms. The van der Waals surface area contributed by atoms with Crippen LogP contribution in [0.15, 0.2) is 103 Å². The first-order chi connectivity index (χ1) is 14.1. The van der Waals surface area contributed by atoms with E-state index < -0.39 is 7.29 Å². The van der Waals surface area contributed by atoms with Gasteiger partial charge in [-0.3, -0.25) is 4.57 Å². The van der Waals surface area contributed by atoms with E-state index in [1.165, 1.54) is 18.4 Å². The van der Waals surface area contributed by atoms with E-state index in [1.807, 2.05) is 78.9 Å². The SMILES string of the molecule is CCCCC(C)=CC(NP(=O)(c1ccccc1)c1ccccc1)c1ccccc1. The van der Waals surface area contributed by atoms with Crippen LogP contribution in [0.4, 0.5) is 0 Å². The zero-order chi connectivity index (χ0) is 20.5. The van der Waals surface area contributed by atoms with Gasteiger partial charge in [-0.05, 0) is 49.6 Å². The Balaban J connectivity index is 2.05. The van der Waals surface area contributed by atoms with Crippen molar-refractivity contribution in [3.05, 3.63) is 108 Å². The lowest BCUT2D eigenvalue weighted by Crippen LogP contribution is -2.30. The molecule has 0 fully saturated rings. The van der Waals surface area contributed by atoms with Gasteiger partial charge in [0.05, 0.1) is 6.04 Å². The maximum absolute atomic E-state index is 14.5. The lowest BCUT2D eigenvalue weighted by molar-refractivity contribution is 0.573. The minimum atomic E-state index is -3.02. The molecule has 0 aliphatic rings. The highest BCUT2D eigenvalue weighted by molar-refractivity contribution is 7.76. The first-order valence-corrected chi connectivity index (χ1v) is 12.1. The summed E-state index contributed by atoms with van der Waals surface area (Å²) in [6, 6.07) is 29.7. The van der Waals surface area contributed by atoms with Crippen LogP contribution in [0, 0.1) is 0 Å². The molecule has 1 N–H and O–H groups in total. The number of benzene rings is 3. The average Bonchev–Trinajstić information content (AvgIpc) is 2.79. The van der Waals surface area contributed by atoms with Crippen molar-refractivity contribution in [1.29, 1.82) is 0 Å². The fraction of sp³-hybridized carbons (Fsp3) is 0.231. The van der Waals surface area contributed by atoms with Crippen molar-refractivity contribution in [2.75, 3.05) is 0 Å². The van der Waals surface area contributed by atoms with Gasteiger partial charge in [-0.25, -0.2) is 5.09 Å². The van der Waals surface area contributed by atoms with Gasteiger partial charge in [0, 0.05) is 10.6 Å². The molecule has 0 saturated carbocycles. The van der Waals surface area contributed by atoms with Gasteiger partial charge in [-0.15, -0.1) is 0 Å². The smallest absolute Gasteiger partial charge is 0.205 e. The van der Waals surface area contributed by atoms with Gasteiger partial charge in [0.2, 0.25) is 7.29 Å². The van der Waals surface area contributed by atoms with Crippen LogP contribution in [0.25, 0.3) is 0 Å². The third kappa shape index (κ3) is 5.56. The highest BCUT2D eigenvalue weighted by Crippen LogP contribution is 2.42. The third-order valence-electron chi connectivity index (χ3n) is 5.10. The second-order valence-corrected chi connectivity index (χ2v) is 9.92. The molecule has 150 valence electrons. The third-order valence-corrected chi connectivity index (χ3v) is 7.79. The van der Waals surface area contributed by atoms with Gasteiger partial charge in [-0.2, -0.15) is 0 Å². The number of rotatable bonds is 9. The van der Waals surface area contributed by atoms with Crippen molar-refractivity contribution in [2.24, 2.45) is 0 Å². The van der Waals surface area contributed by atoms with Crippen molar-refractivity contribution < 1.29 is 4.57 Å². The number of hydrogen-bond donors (Lipinski definition) is 1. The summed E-state index contributed by atoms with van der Waals surface area (Å²) in [6.07, 6.45) is 5.63. The fourth-order valence-corrected chi connectivity index (χ4v) is 5.86. The zero-order valence-corrected chi connectivity index (χ0v) is 18.2. The van der Waals surface area contributed by atoms with Crippen LogP contribution in [0.3, 0.4) is 0 Å². The largest absolute Gasteiger partial charge is 0.296 e. The number of nitrogens with one attached hydrogen (secondary N) is 1. The molecule has 1 unspecified atom stereocenters. The Bertz CT molecular complexity index is 908. The molecule has 1 atom stereocenters. The van der Waals surface area contributed by atoms with Crippen LogP contribution in [0.2, 0.25) is 0 Å². The maximum Gasteiger partial charge on any atom is 0.205 e. The number of unbranched alkanes of at least 4 members (excludes halogenated alkanes) is 1.